The Labute approximate surface area is 166 Å². The summed E-state index contributed by atoms with van der Waals surface area (Å²) < 4.78 is 25.7. The van der Waals surface area contributed by atoms with Crippen LogP contribution in [0.5, 0.6) is 5.75 Å². The molecule has 0 bridgehead atoms. The van der Waals surface area contributed by atoms with E-state index in [9.17, 15) is 9.18 Å². The number of nitrogens with zero attached hydrogens (tertiary/aromatic N) is 2. The van der Waals surface area contributed by atoms with Gasteiger partial charge in [0.1, 0.15) is 23.9 Å². The number of amides is 1. The Morgan fingerprint density at radius 3 is 2.62 bits per heavy atom. The number of carbonyl (C=O) groups excluding carboxylic acids is 1. The molecule has 4 aromatic rings. The highest BCUT2D eigenvalue weighted by Crippen LogP contribution is 2.16. The van der Waals surface area contributed by atoms with Crippen LogP contribution in [0, 0.1) is 5.82 Å². The minimum absolute atomic E-state index is 0.130. The van der Waals surface area contributed by atoms with E-state index in [1.807, 2.05) is 30.3 Å². The molecular weight excluding hydrogens is 373 g/mol. The van der Waals surface area contributed by atoms with Crippen molar-refractivity contribution in [1.29, 1.82) is 0 Å². The second kappa shape index (κ2) is 8.43. The normalized spacial score (nSPS) is 10.7. The zero-order valence-electron chi connectivity index (χ0n) is 15.4. The van der Waals surface area contributed by atoms with Crippen molar-refractivity contribution in [3.8, 4) is 5.75 Å². The summed E-state index contributed by atoms with van der Waals surface area (Å²) in [6.45, 7) is 0.743. The van der Waals surface area contributed by atoms with Crippen LogP contribution in [0.3, 0.4) is 0 Å². The number of benzene rings is 2. The standard InChI is InChI=1S/C22H18FN3O3/c23-17-6-8-18(9-7-17)28-15-19-10-11-20(29-19)22(27)24-21-12-13-26(25-21)14-16-4-2-1-3-5-16/h1-13H,14-15H2,(H,24,25,27). The molecule has 2 heterocycles. The lowest BCUT2D eigenvalue weighted by Crippen LogP contribution is -2.12. The predicted molar refractivity (Wildman–Crippen MR) is 105 cm³/mol. The molecule has 0 radical (unpaired) electrons. The van der Waals surface area contributed by atoms with Crippen LogP contribution in [0.2, 0.25) is 0 Å². The lowest BCUT2D eigenvalue weighted by Gasteiger charge is -2.04. The molecule has 4 rings (SSSR count). The van der Waals surface area contributed by atoms with Crippen molar-refractivity contribution in [3.63, 3.8) is 0 Å². The molecule has 0 aliphatic rings. The monoisotopic (exact) mass is 391 g/mol. The molecule has 6 nitrogen and oxygen atoms in total. The molecule has 0 saturated carbocycles. The highest BCUT2D eigenvalue weighted by atomic mass is 19.1. The number of halogens is 1. The molecule has 1 N–H and O–H groups in total. The number of rotatable bonds is 7. The van der Waals surface area contributed by atoms with Crippen LogP contribution in [0.1, 0.15) is 21.9 Å². The summed E-state index contributed by atoms with van der Waals surface area (Å²) in [4.78, 5) is 12.4. The average molecular weight is 391 g/mol. The fraction of sp³-hybridized carbons (Fsp3) is 0.0909. The van der Waals surface area contributed by atoms with Gasteiger partial charge in [-0.1, -0.05) is 30.3 Å². The molecule has 1 amide bonds. The quantitative estimate of drug-likeness (QED) is 0.504. The van der Waals surface area contributed by atoms with Crippen LogP contribution >= 0.6 is 0 Å². The molecule has 2 aromatic carbocycles. The fourth-order valence-electron chi connectivity index (χ4n) is 2.73. The minimum atomic E-state index is -0.400. The van der Waals surface area contributed by atoms with Gasteiger partial charge in [0, 0.05) is 12.3 Å². The molecule has 0 spiro atoms. The molecule has 0 fully saturated rings. The molecule has 146 valence electrons. The van der Waals surface area contributed by atoms with E-state index in [2.05, 4.69) is 10.4 Å². The first-order valence-corrected chi connectivity index (χ1v) is 9.01. The maximum absolute atomic E-state index is 12.9. The van der Waals surface area contributed by atoms with Crippen LogP contribution in [0.25, 0.3) is 0 Å². The predicted octanol–water partition coefficient (Wildman–Crippen LogP) is 4.49. The first-order chi connectivity index (χ1) is 14.2. The van der Waals surface area contributed by atoms with E-state index in [1.165, 1.54) is 24.3 Å². The Balaban J connectivity index is 1.32. The van der Waals surface area contributed by atoms with Gasteiger partial charge >= 0.3 is 0 Å². The highest BCUT2D eigenvalue weighted by Gasteiger charge is 2.13. The molecule has 0 aliphatic carbocycles. The summed E-state index contributed by atoms with van der Waals surface area (Å²) >= 11 is 0. The molecule has 29 heavy (non-hydrogen) atoms. The smallest absolute Gasteiger partial charge is 0.292 e. The van der Waals surface area contributed by atoms with Gasteiger partial charge in [0.25, 0.3) is 5.91 Å². The highest BCUT2D eigenvalue weighted by molar-refractivity contribution is 6.01. The first kappa shape index (κ1) is 18.5. The second-order valence-corrected chi connectivity index (χ2v) is 6.35. The summed E-state index contributed by atoms with van der Waals surface area (Å²) in [5, 5.41) is 7.06. The van der Waals surface area contributed by atoms with Crippen molar-refractivity contribution in [1.82, 2.24) is 9.78 Å². The van der Waals surface area contributed by atoms with Gasteiger partial charge in [0.05, 0.1) is 6.54 Å². The van der Waals surface area contributed by atoms with Crippen molar-refractivity contribution in [2.45, 2.75) is 13.2 Å². The Bertz CT molecular complexity index is 1090. The number of hydrogen-bond donors (Lipinski definition) is 1. The van der Waals surface area contributed by atoms with Gasteiger partial charge in [-0.2, -0.15) is 5.10 Å². The van der Waals surface area contributed by atoms with Crippen LogP contribution in [0.4, 0.5) is 10.2 Å². The van der Waals surface area contributed by atoms with Gasteiger partial charge in [0.15, 0.2) is 11.6 Å². The third-order valence-corrected chi connectivity index (χ3v) is 4.15. The molecule has 0 saturated heterocycles. The Kier molecular flexibility index (Phi) is 5.38. The number of aromatic nitrogens is 2. The van der Waals surface area contributed by atoms with Crippen molar-refractivity contribution in [3.05, 3.63) is 102 Å². The number of furan rings is 1. The number of hydrogen-bond acceptors (Lipinski definition) is 4. The van der Waals surface area contributed by atoms with E-state index in [4.69, 9.17) is 9.15 Å². The summed E-state index contributed by atoms with van der Waals surface area (Å²) in [7, 11) is 0. The topological polar surface area (TPSA) is 69.3 Å². The van der Waals surface area contributed by atoms with Gasteiger partial charge in [-0.05, 0) is 42.0 Å². The largest absolute Gasteiger partial charge is 0.486 e. The fourth-order valence-corrected chi connectivity index (χ4v) is 2.73. The first-order valence-electron chi connectivity index (χ1n) is 9.01. The van der Waals surface area contributed by atoms with E-state index in [0.29, 0.717) is 23.9 Å². The van der Waals surface area contributed by atoms with Crippen LogP contribution in [0.15, 0.2) is 83.4 Å². The summed E-state index contributed by atoms with van der Waals surface area (Å²) in [6, 6.07) is 20.5. The average Bonchev–Trinajstić information content (AvgIpc) is 3.38. The third kappa shape index (κ3) is 4.90. The van der Waals surface area contributed by atoms with Crippen LogP contribution in [-0.4, -0.2) is 15.7 Å². The van der Waals surface area contributed by atoms with Gasteiger partial charge in [-0.3, -0.25) is 9.48 Å². The molecule has 7 heteroatoms. The summed E-state index contributed by atoms with van der Waals surface area (Å²) in [5.74, 6) is 0.849. The Morgan fingerprint density at radius 1 is 1.03 bits per heavy atom. The lowest BCUT2D eigenvalue weighted by atomic mass is 10.2. The van der Waals surface area contributed by atoms with E-state index in [1.54, 1.807) is 29.1 Å². The molecular formula is C22H18FN3O3. The zero-order chi connectivity index (χ0) is 20.1. The van der Waals surface area contributed by atoms with Crippen molar-refractivity contribution in [2.75, 3.05) is 5.32 Å². The Hall–Kier alpha value is -3.87. The van der Waals surface area contributed by atoms with Gasteiger partial charge in [-0.25, -0.2) is 4.39 Å². The maximum Gasteiger partial charge on any atom is 0.292 e. The van der Waals surface area contributed by atoms with Gasteiger partial charge < -0.3 is 14.5 Å². The molecule has 2 aromatic heterocycles. The van der Waals surface area contributed by atoms with Crippen LogP contribution in [-0.2, 0) is 13.2 Å². The maximum atomic E-state index is 12.9. The number of anilines is 1. The van der Waals surface area contributed by atoms with Crippen molar-refractivity contribution < 1.29 is 18.3 Å². The van der Waals surface area contributed by atoms with E-state index in [0.717, 1.165) is 5.56 Å². The second-order valence-electron chi connectivity index (χ2n) is 6.35. The lowest BCUT2D eigenvalue weighted by molar-refractivity contribution is 0.0992. The van der Waals surface area contributed by atoms with E-state index >= 15 is 0 Å². The van der Waals surface area contributed by atoms with Crippen molar-refractivity contribution in [2.24, 2.45) is 0 Å². The molecule has 0 aliphatic heterocycles. The van der Waals surface area contributed by atoms with Gasteiger partial charge in [0.2, 0.25) is 0 Å². The third-order valence-electron chi connectivity index (χ3n) is 4.15. The van der Waals surface area contributed by atoms with Crippen molar-refractivity contribution >= 4 is 11.7 Å². The van der Waals surface area contributed by atoms with Gasteiger partial charge in [-0.15, -0.1) is 0 Å². The number of ether oxygens (including phenoxy) is 1. The number of nitrogens with one attached hydrogen (secondary N) is 1. The zero-order valence-corrected chi connectivity index (χ0v) is 15.4. The molecule has 0 unspecified atom stereocenters. The van der Waals surface area contributed by atoms with E-state index in [-0.39, 0.29) is 18.2 Å². The van der Waals surface area contributed by atoms with Crippen LogP contribution < -0.4 is 10.1 Å². The summed E-state index contributed by atoms with van der Waals surface area (Å²) in [5.41, 5.74) is 1.12. The van der Waals surface area contributed by atoms with E-state index < -0.39 is 5.91 Å². The minimum Gasteiger partial charge on any atom is -0.486 e. The summed E-state index contributed by atoms with van der Waals surface area (Å²) in [6.07, 6.45) is 1.80. The Morgan fingerprint density at radius 2 is 1.83 bits per heavy atom. The molecule has 0 atom stereocenters. The number of carbonyl (C=O) groups is 1. The SMILES string of the molecule is O=C(Nc1ccn(Cc2ccccc2)n1)c1ccc(COc2ccc(F)cc2)o1.